The van der Waals surface area contributed by atoms with Crippen LogP contribution in [0.1, 0.15) is 57.1 Å². The van der Waals surface area contributed by atoms with Crippen LogP contribution in [0.2, 0.25) is 0 Å². The summed E-state index contributed by atoms with van der Waals surface area (Å²) in [7, 11) is 0. The molecule has 186 valence electrons. The molecule has 0 bridgehead atoms. The summed E-state index contributed by atoms with van der Waals surface area (Å²) in [6.07, 6.45) is 5.10. The van der Waals surface area contributed by atoms with Crippen LogP contribution in [0.25, 0.3) is 0 Å². The lowest BCUT2D eigenvalue weighted by Crippen LogP contribution is -2.40. The fourth-order valence-corrected chi connectivity index (χ4v) is 4.48. The minimum atomic E-state index is 0.112. The van der Waals surface area contributed by atoms with Crippen molar-refractivity contribution >= 4 is 5.91 Å². The Morgan fingerprint density at radius 2 is 1.79 bits per heavy atom. The van der Waals surface area contributed by atoms with E-state index in [0.29, 0.717) is 19.1 Å². The Kier molecular flexibility index (Phi) is 11.4. The number of nitrogens with zero attached hydrogens (tertiary/aromatic N) is 2. The molecular formula is C29H42N2O3. The van der Waals surface area contributed by atoms with Gasteiger partial charge in [0.05, 0.1) is 13.2 Å². The zero-order valence-electron chi connectivity index (χ0n) is 21.1. The fourth-order valence-electron chi connectivity index (χ4n) is 4.48. The maximum atomic E-state index is 13.5. The molecule has 1 fully saturated rings. The summed E-state index contributed by atoms with van der Waals surface area (Å²) in [5.74, 6) is 1.26. The van der Waals surface area contributed by atoms with Gasteiger partial charge in [0.15, 0.2) is 0 Å². The Balaban J connectivity index is 1.63. The molecule has 1 atom stereocenters. The first-order valence-corrected chi connectivity index (χ1v) is 13.0. The molecule has 34 heavy (non-hydrogen) atoms. The number of rotatable bonds is 14. The second kappa shape index (κ2) is 14.8. The number of carbonyl (C=O) groups is 1. The van der Waals surface area contributed by atoms with Gasteiger partial charge in [-0.1, -0.05) is 69.2 Å². The van der Waals surface area contributed by atoms with Crippen LogP contribution in [0.3, 0.4) is 0 Å². The number of carbonyl (C=O) groups excluding carboxylic acids is 1. The van der Waals surface area contributed by atoms with E-state index in [1.54, 1.807) is 0 Å². The molecule has 1 amide bonds. The summed E-state index contributed by atoms with van der Waals surface area (Å²) >= 11 is 0. The average Bonchev–Trinajstić information content (AvgIpc) is 2.88. The number of morpholine rings is 1. The van der Waals surface area contributed by atoms with Gasteiger partial charge in [-0.3, -0.25) is 9.69 Å². The molecule has 1 aliphatic heterocycles. The quantitative estimate of drug-likeness (QED) is 0.367. The van der Waals surface area contributed by atoms with Gasteiger partial charge < -0.3 is 14.4 Å². The summed E-state index contributed by atoms with van der Waals surface area (Å²) in [5, 5.41) is 0. The summed E-state index contributed by atoms with van der Waals surface area (Å²) in [5.41, 5.74) is 2.27. The highest BCUT2D eigenvalue weighted by Gasteiger charge is 2.23. The van der Waals surface area contributed by atoms with E-state index in [9.17, 15) is 4.79 Å². The van der Waals surface area contributed by atoms with Crippen LogP contribution in [0.5, 0.6) is 5.75 Å². The van der Waals surface area contributed by atoms with Crippen molar-refractivity contribution in [1.82, 2.24) is 9.80 Å². The standard InChI is InChI=1S/C29H42N2O3/c1-3-5-14-27(4-2)29(32)31(17-10-16-30-18-20-33-21-19-30)23-26-13-9-15-28(22-26)34-24-25-11-7-6-8-12-25/h6-9,11-13,15,22,27H,3-5,10,14,16-21,23-24H2,1-2H3. The summed E-state index contributed by atoms with van der Waals surface area (Å²) < 4.78 is 11.5. The third-order valence-corrected chi connectivity index (χ3v) is 6.59. The molecule has 2 aromatic carbocycles. The predicted molar refractivity (Wildman–Crippen MR) is 138 cm³/mol. The number of ether oxygens (including phenoxy) is 2. The van der Waals surface area contributed by atoms with Gasteiger partial charge >= 0.3 is 0 Å². The van der Waals surface area contributed by atoms with Crippen molar-refractivity contribution in [3.05, 3.63) is 65.7 Å². The van der Waals surface area contributed by atoms with Gasteiger partial charge in [0, 0.05) is 38.6 Å². The topological polar surface area (TPSA) is 42.0 Å². The van der Waals surface area contributed by atoms with Crippen LogP contribution in [0, 0.1) is 5.92 Å². The van der Waals surface area contributed by atoms with E-state index in [0.717, 1.165) is 88.4 Å². The van der Waals surface area contributed by atoms with Crippen LogP contribution in [0.15, 0.2) is 54.6 Å². The molecule has 0 spiro atoms. The molecule has 1 aliphatic rings. The van der Waals surface area contributed by atoms with Gasteiger partial charge in [-0.05, 0) is 42.5 Å². The Hall–Kier alpha value is -2.37. The SMILES string of the molecule is CCCCC(CC)C(=O)N(CCCN1CCOCC1)Cc1cccc(OCc2ccccc2)c1. The lowest BCUT2D eigenvalue weighted by molar-refractivity contribution is -0.136. The van der Waals surface area contributed by atoms with Crippen molar-refractivity contribution in [3.8, 4) is 5.75 Å². The second-order valence-corrected chi connectivity index (χ2v) is 9.24. The lowest BCUT2D eigenvalue weighted by atomic mass is 9.97. The van der Waals surface area contributed by atoms with Crippen molar-refractivity contribution in [2.24, 2.45) is 5.92 Å². The monoisotopic (exact) mass is 466 g/mol. The lowest BCUT2D eigenvalue weighted by Gasteiger charge is -2.30. The number of hydrogen-bond acceptors (Lipinski definition) is 4. The molecule has 0 radical (unpaired) electrons. The first kappa shape index (κ1) is 26.2. The highest BCUT2D eigenvalue weighted by Crippen LogP contribution is 2.21. The molecule has 2 aromatic rings. The Morgan fingerprint density at radius 3 is 2.53 bits per heavy atom. The summed E-state index contributed by atoms with van der Waals surface area (Å²) in [6, 6.07) is 18.4. The molecule has 1 unspecified atom stereocenters. The van der Waals surface area contributed by atoms with Crippen molar-refractivity contribution in [3.63, 3.8) is 0 Å². The molecule has 1 heterocycles. The normalized spacial score (nSPS) is 15.1. The Morgan fingerprint density at radius 1 is 1.03 bits per heavy atom. The average molecular weight is 467 g/mol. The predicted octanol–water partition coefficient (Wildman–Crippen LogP) is 5.53. The van der Waals surface area contributed by atoms with E-state index in [-0.39, 0.29) is 5.92 Å². The zero-order valence-corrected chi connectivity index (χ0v) is 21.1. The molecule has 0 saturated carbocycles. The van der Waals surface area contributed by atoms with E-state index in [1.807, 2.05) is 30.3 Å². The molecule has 0 aromatic heterocycles. The van der Waals surface area contributed by atoms with Crippen LogP contribution in [-0.4, -0.2) is 55.1 Å². The maximum absolute atomic E-state index is 13.5. The first-order chi connectivity index (χ1) is 16.7. The first-order valence-electron chi connectivity index (χ1n) is 13.0. The molecule has 1 saturated heterocycles. The van der Waals surface area contributed by atoms with E-state index in [2.05, 4.69) is 47.9 Å². The number of unbranched alkanes of at least 4 members (excludes halogenated alkanes) is 1. The third kappa shape index (κ3) is 8.77. The highest BCUT2D eigenvalue weighted by atomic mass is 16.5. The molecule has 5 heteroatoms. The number of amides is 1. The summed E-state index contributed by atoms with van der Waals surface area (Å²) in [4.78, 5) is 18.1. The van der Waals surface area contributed by atoms with Crippen LogP contribution < -0.4 is 4.74 Å². The van der Waals surface area contributed by atoms with Gasteiger partial charge in [-0.25, -0.2) is 0 Å². The van der Waals surface area contributed by atoms with E-state index in [4.69, 9.17) is 9.47 Å². The van der Waals surface area contributed by atoms with Crippen LogP contribution in [-0.2, 0) is 22.7 Å². The van der Waals surface area contributed by atoms with Gasteiger partial charge in [0.25, 0.3) is 0 Å². The van der Waals surface area contributed by atoms with E-state index in [1.165, 1.54) is 0 Å². The van der Waals surface area contributed by atoms with E-state index >= 15 is 0 Å². The molecule has 5 nitrogen and oxygen atoms in total. The Bertz CT molecular complexity index is 836. The summed E-state index contributed by atoms with van der Waals surface area (Å²) in [6.45, 7) is 10.9. The molecule has 0 aliphatic carbocycles. The molecule has 0 N–H and O–H groups in total. The van der Waals surface area contributed by atoms with Crippen molar-refractivity contribution in [1.29, 1.82) is 0 Å². The van der Waals surface area contributed by atoms with Crippen LogP contribution >= 0.6 is 0 Å². The van der Waals surface area contributed by atoms with Crippen molar-refractivity contribution in [2.75, 3.05) is 39.4 Å². The zero-order chi connectivity index (χ0) is 24.0. The minimum Gasteiger partial charge on any atom is -0.489 e. The fraction of sp³-hybridized carbons (Fsp3) is 0.552. The van der Waals surface area contributed by atoms with Gasteiger partial charge in [-0.2, -0.15) is 0 Å². The number of hydrogen-bond donors (Lipinski definition) is 0. The van der Waals surface area contributed by atoms with Gasteiger partial charge in [0.2, 0.25) is 5.91 Å². The van der Waals surface area contributed by atoms with Crippen molar-refractivity contribution in [2.45, 2.75) is 59.1 Å². The van der Waals surface area contributed by atoms with E-state index < -0.39 is 0 Å². The number of benzene rings is 2. The second-order valence-electron chi connectivity index (χ2n) is 9.24. The van der Waals surface area contributed by atoms with Crippen LogP contribution in [0.4, 0.5) is 0 Å². The third-order valence-electron chi connectivity index (χ3n) is 6.59. The van der Waals surface area contributed by atoms with Crippen molar-refractivity contribution < 1.29 is 14.3 Å². The van der Waals surface area contributed by atoms with Gasteiger partial charge in [0.1, 0.15) is 12.4 Å². The minimum absolute atomic E-state index is 0.112. The highest BCUT2D eigenvalue weighted by molar-refractivity contribution is 5.78. The van der Waals surface area contributed by atoms with Gasteiger partial charge in [-0.15, -0.1) is 0 Å². The molecular weight excluding hydrogens is 424 g/mol. The molecule has 3 rings (SSSR count). The smallest absolute Gasteiger partial charge is 0.225 e. The maximum Gasteiger partial charge on any atom is 0.225 e. The largest absolute Gasteiger partial charge is 0.489 e. The Labute approximate surface area is 206 Å².